The van der Waals surface area contributed by atoms with Crippen molar-refractivity contribution in [1.29, 1.82) is 0 Å². The highest BCUT2D eigenvalue weighted by Crippen LogP contribution is 2.37. The minimum absolute atomic E-state index is 0.0543. The van der Waals surface area contributed by atoms with Crippen molar-refractivity contribution >= 4 is 0 Å². The number of nitrogens with one attached hydrogen (secondary N) is 1. The molecular weight excluding hydrogens is 253 g/mol. The molecule has 2 fully saturated rings. The molecular formula is C14H25F3N2. The average Bonchev–Trinajstić information content (AvgIpc) is 3.11. The van der Waals surface area contributed by atoms with Gasteiger partial charge in [0.15, 0.2) is 0 Å². The summed E-state index contributed by atoms with van der Waals surface area (Å²) in [5, 5.41) is 3.37. The largest absolute Gasteiger partial charge is 0.401 e. The molecule has 2 aliphatic rings. The molecule has 1 heterocycles. The Balaban J connectivity index is 1.94. The maximum Gasteiger partial charge on any atom is 0.401 e. The van der Waals surface area contributed by atoms with Crippen molar-refractivity contribution in [2.75, 3.05) is 26.2 Å². The lowest BCUT2D eigenvalue weighted by molar-refractivity contribution is -0.151. The van der Waals surface area contributed by atoms with E-state index in [9.17, 15) is 13.2 Å². The normalized spacial score (nSPS) is 25.9. The first-order valence-corrected chi connectivity index (χ1v) is 7.29. The number of rotatable bonds is 5. The highest BCUT2D eigenvalue weighted by Gasteiger charge is 2.42. The highest BCUT2D eigenvalue weighted by atomic mass is 19.4. The summed E-state index contributed by atoms with van der Waals surface area (Å²) in [5.74, 6) is 0.482. The average molecular weight is 278 g/mol. The molecule has 1 atom stereocenters. The Hall–Kier alpha value is -0.290. The Morgan fingerprint density at radius 1 is 1.11 bits per heavy atom. The molecule has 2 nitrogen and oxygen atoms in total. The summed E-state index contributed by atoms with van der Waals surface area (Å²) in [6.07, 6.45) is 0.0367. The van der Waals surface area contributed by atoms with E-state index in [2.05, 4.69) is 19.2 Å². The zero-order valence-electron chi connectivity index (χ0n) is 11.9. The molecule has 1 N–H and O–H groups in total. The van der Waals surface area contributed by atoms with Crippen molar-refractivity contribution in [2.45, 2.75) is 51.7 Å². The topological polar surface area (TPSA) is 15.3 Å². The fourth-order valence-corrected chi connectivity index (χ4v) is 3.16. The van der Waals surface area contributed by atoms with Gasteiger partial charge in [-0.15, -0.1) is 0 Å². The molecule has 5 heteroatoms. The van der Waals surface area contributed by atoms with Crippen LogP contribution in [-0.4, -0.2) is 43.3 Å². The van der Waals surface area contributed by atoms with Gasteiger partial charge in [0, 0.05) is 12.6 Å². The molecule has 112 valence electrons. The van der Waals surface area contributed by atoms with Crippen molar-refractivity contribution in [3.8, 4) is 0 Å². The van der Waals surface area contributed by atoms with E-state index < -0.39 is 12.7 Å². The molecule has 0 aromatic heterocycles. The van der Waals surface area contributed by atoms with Gasteiger partial charge in [-0.3, -0.25) is 4.90 Å². The summed E-state index contributed by atoms with van der Waals surface area (Å²) < 4.78 is 38.0. The van der Waals surface area contributed by atoms with E-state index in [0.717, 1.165) is 38.8 Å². The van der Waals surface area contributed by atoms with Crippen molar-refractivity contribution in [1.82, 2.24) is 10.2 Å². The van der Waals surface area contributed by atoms with Crippen LogP contribution in [0, 0.1) is 11.3 Å². The first-order valence-electron chi connectivity index (χ1n) is 7.29. The predicted molar refractivity (Wildman–Crippen MR) is 70.0 cm³/mol. The van der Waals surface area contributed by atoms with E-state index in [-0.39, 0.29) is 11.5 Å². The number of alkyl halides is 3. The van der Waals surface area contributed by atoms with Crippen LogP contribution in [0.2, 0.25) is 0 Å². The molecule has 0 aromatic carbocycles. The smallest absolute Gasteiger partial charge is 0.316 e. The third kappa shape index (κ3) is 4.63. The van der Waals surface area contributed by atoms with Crippen LogP contribution in [0.1, 0.15) is 39.5 Å². The minimum Gasteiger partial charge on any atom is -0.316 e. The Morgan fingerprint density at radius 3 is 2.26 bits per heavy atom. The van der Waals surface area contributed by atoms with E-state index in [0.29, 0.717) is 12.5 Å². The number of piperidine rings is 1. The van der Waals surface area contributed by atoms with E-state index in [4.69, 9.17) is 0 Å². The molecule has 0 radical (unpaired) electrons. The van der Waals surface area contributed by atoms with Crippen LogP contribution in [0.25, 0.3) is 0 Å². The van der Waals surface area contributed by atoms with Gasteiger partial charge in [0.1, 0.15) is 0 Å². The number of halogens is 3. The molecule has 19 heavy (non-hydrogen) atoms. The van der Waals surface area contributed by atoms with Crippen LogP contribution in [-0.2, 0) is 0 Å². The molecule has 0 spiro atoms. The lowest BCUT2D eigenvalue weighted by Gasteiger charge is -2.41. The Morgan fingerprint density at radius 2 is 1.79 bits per heavy atom. The second kappa shape index (κ2) is 5.60. The molecule has 1 saturated heterocycles. The number of hydrogen-bond acceptors (Lipinski definition) is 2. The van der Waals surface area contributed by atoms with E-state index in [1.807, 2.05) is 0 Å². The Kier molecular flexibility index (Phi) is 4.45. The van der Waals surface area contributed by atoms with Crippen LogP contribution in [0.15, 0.2) is 0 Å². The zero-order valence-corrected chi connectivity index (χ0v) is 11.9. The Bertz CT molecular complexity index is 292. The van der Waals surface area contributed by atoms with Gasteiger partial charge in [-0.05, 0) is 50.1 Å². The maximum atomic E-state index is 12.7. The van der Waals surface area contributed by atoms with Gasteiger partial charge in [-0.25, -0.2) is 0 Å². The van der Waals surface area contributed by atoms with Crippen LogP contribution >= 0.6 is 0 Å². The van der Waals surface area contributed by atoms with Gasteiger partial charge in [-0.2, -0.15) is 13.2 Å². The van der Waals surface area contributed by atoms with Crippen molar-refractivity contribution in [2.24, 2.45) is 11.3 Å². The van der Waals surface area contributed by atoms with E-state index in [1.165, 1.54) is 0 Å². The van der Waals surface area contributed by atoms with Crippen molar-refractivity contribution in [3.05, 3.63) is 0 Å². The van der Waals surface area contributed by atoms with Gasteiger partial charge in [0.2, 0.25) is 0 Å². The summed E-state index contributed by atoms with van der Waals surface area (Å²) in [7, 11) is 0. The lowest BCUT2D eigenvalue weighted by atomic mass is 9.74. The minimum atomic E-state index is -4.08. The molecule has 0 aromatic rings. The van der Waals surface area contributed by atoms with Gasteiger partial charge in [0.25, 0.3) is 0 Å². The predicted octanol–water partition coefficient (Wildman–Crippen LogP) is 3.04. The molecule has 1 unspecified atom stereocenters. The van der Waals surface area contributed by atoms with Gasteiger partial charge in [0.05, 0.1) is 6.54 Å². The molecule has 0 bridgehead atoms. The molecule has 1 aliphatic heterocycles. The summed E-state index contributed by atoms with van der Waals surface area (Å²) in [6.45, 7) is 6.04. The second-order valence-electron chi connectivity index (χ2n) is 6.78. The quantitative estimate of drug-likeness (QED) is 0.831. The summed E-state index contributed by atoms with van der Waals surface area (Å²) in [6, 6.07) is 0.164. The fraction of sp³-hybridized carbons (Fsp3) is 1.00. The molecule has 2 rings (SSSR count). The SMILES string of the molecule is CC(C)(CN(CC(F)(F)F)C1CC1)C1CCCNC1. The number of nitrogens with zero attached hydrogens (tertiary/aromatic N) is 1. The van der Waals surface area contributed by atoms with Crippen LogP contribution < -0.4 is 5.32 Å². The monoisotopic (exact) mass is 278 g/mol. The fourth-order valence-electron chi connectivity index (χ4n) is 3.16. The van der Waals surface area contributed by atoms with Gasteiger partial charge in [-0.1, -0.05) is 13.8 Å². The zero-order chi connectivity index (χ0) is 14.1. The third-order valence-electron chi connectivity index (χ3n) is 4.46. The van der Waals surface area contributed by atoms with Crippen LogP contribution in [0.5, 0.6) is 0 Å². The van der Waals surface area contributed by atoms with Gasteiger partial charge < -0.3 is 5.32 Å². The summed E-state index contributed by atoms with van der Waals surface area (Å²) in [5.41, 5.74) is -0.0543. The van der Waals surface area contributed by atoms with Crippen molar-refractivity contribution in [3.63, 3.8) is 0 Å². The molecule has 1 aliphatic carbocycles. The van der Waals surface area contributed by atoms with Gasteiger partial charge >= 0.3 is 6.18 Å². The first kappa shape index (κ1) is 15.1. The van der Waals surface area contributed by atoms with E-state index in [1.54, 1.807) is 4.90 Å². The third-order valence-corrected chi connectivity index (χ3v) is 4.46. The first-order chi connectivity index (χ1) is 8.78. The standard InChI is InChI=1S/C14H25F3N2/c1-13(2,11-4-3-7-18-8-11)9-19(12-5-6-12)10-14(15,16)17/h11-12,18H,3-10H2,1-2H3. The summed E-state index contributed by atoms with van der Waals surface area (Å²) in [4.78, 5) is 1.66. The van der Waals surface area contributed by atoms with Crippen LogP contribution in [0.3, 0.4) is 0 Å². The molecule has 1 saturated carbocycles. The lowest BCUT2D eigenvalue weighted by Crippen LogP contribution is -2.47. The maximum absolute atomic E-state index is 12.7. The van der Waals surface area contributed by atoms with E-state index >= 15 is 0 Å². The second-order valence-corrected chi connectivity index (χ2v) is 6.78. The van der Waals surface area contributed by atoms with Crippen molar-refractivity contribution < 1.29 is 13.2 Å². The molecule has 0 amide bonds. The number of hydrogen-bond donors (Lipinski definition) is 1. The van der Waals surface area contributed by atoms with Crippen LogP contribution in [0.4, 0.5) is 13.2 Å². The summed E-state index contributed by atoms with van der Waals surface area (Å²) >= 11 is 0. The highest BCUT2D eigenvalue weighted by molar-refractivity contribution is 4.92. The Labute approximate surface area is 113 Å².